The smallest absolute Gasteiger partial charge is 0.254 e. The summed E-state index contributed by atoms with van der Waals surface area (Å²) >= 11 is 0. The minimum atomic E-state index is -0.00844. The third-order valence-electron chi connectivity index (χ3n) is 6.08. The quantitative estimate of drug-likeness (QED) is 0.854. The van der Waals surface area contributed by atoms with Gasteiger partial charge >= 0.3 is 0 Å². The van der Waals surface area contributed by atoms with Gasteiger partial charge in [0.1, 0.15) is 0 Å². The van der Waals surface area contributed by atoms with Crippen LogP contribution in [0.4, 0.5) is 0 Å². The van der Waals surface area contributed by atoms with E-state index in [2.05, 4.69) is 17.4 Å². The highest BCUT2D eigenvalue weighted by molar-refractivity contribution is 5.95. The molecule has 2 aliphatic rings. The summed E-state index contributed by atoms with van der Waals surface area (Å²) in [6.07, 6.45) is 3.83. The van der Waals surface area contributed by atoms with Gasteiger partial charge in [0.15, 0.2) is 0 Å². The molecule has 0 radical (unpaired) electrons. The van der Waals surface area contributed by atoms with Crippen LogP contribution in [0.5, 0.6) is 0 Å². The summed E-state index contributed by atoms with van der Waals surface area (Å²) in [7, 11) is 0. The average molecular weight is 377 g/mol. The van der Waals surface area contributed by atoms with Gasteiger partial charge in [0.2, 0.25) is 5.91 Å². The van der Waals surface area contributed by atoms with E-state index < -0.39 is 0 Å². The second kappa shape index (κ2) is 8.17. The van der Waals surface area contributed by atoms with Gasteiger partial charge in [-0.25, -0.2) is 0 Å². The van der Waals surface area contributed by atoms with Gasteiger partial charge in [-0.15, -0.1) is 0 Å². The second-order valence-electron chi connectivity index (χ2n) is 8.12. The van der Waals surface area contributed by atoms with Crippen LogP contribution in [0.2, 0.25) is 0 Å². The highest BCUT2D eigenvalue weighted by Gasteiger charge is 2.35. The van der Waals surface area contributed by atoms with E-state index >= 15 is 0 Å². The Kier molecular flexibility index (Phi) is 5.47. The molecule has 2 amide bonds. The number of amides is 2. The molecule has 2 aromatic rings. The summed E-state index contributed by atoms with van der Waals surface area (Å²) in [4.78, 5) is 27.6. The van der Waals surface area contributed by atoms with Gasteiger partial charge in [0.05, 0.1) is 6.04 Å². The number of hydrogen-bond acceptors (Lipinski definition) is 2. The van der Waals surface area contributed by atoms with Crippen molar-refractivity contribution in [3.05, 3.63) is 71.3 Å². The van der Waals surface area contributed by atoms with Crippen LogP contribution < -0.4 is 5.32 Å². The van der Waals surface area contributed by atoms with Crippen molar-refractivity contribution in [1.82, 2.24) is 10.2 Å². The molecule has 0 aromatic heterocycles. The minimum absolute atomic E-state index is 0.00844. The lowest BCUT2D eigenvalue weighted by Crippen LogP contribution is -2.44. The molecule has 4 rings (SSSR count). The zero-order chi connectivity index (χ0) is 19.5. The van der Waals surface area contributed by atoms with Crippen LogP contribution in [-0.2, 0) is 4.79 Å². The summed E-state index contributed by atoms with van der Waals surface area (Å²) in [6.45, 7) is 3.25. The van der Waals surface area contributed by atoms with Crippen LogP contribution in [0.1, 0.15) is 53.2 Å². The Bertz CT molecular complexity index is 837. The van der Waals surface area contributed by atoms with Crippen molar-refractivity contribution in [3.63, 3.8) is 0 Å². The molecule has 1 N–H and O–H groups in total. The van der Waals surface area contributed by atoms with E-state index in [0.29, 0.717) is 19.0 Å². The average Bonchev–Trinajstić information content (AvgIpc) is 3.58. The number of aryl methyl sites for hydroxylation is 1. The molecule has 4 nitrogen and oxygen atoms in total. The predicted octanol–water partition coefficient (Wildman–Crippen LogP) is 4.11. The van der Waals surface area contributed by atoms with Gasteiger partial charge in [-0.05, 0) is 55.7 Å². The van der Waals surface area contributed by atoms with Gasteiger partial charge < -0.3 is 10.2 Å². The van der Waals surface area contributed by atoms with Gasteiger partial charge in [-0.1, -0.05) is 48.5 Å². The normalized spacial score (nSPS) is 18.5. The molecule has 2 fully saturated rings. The van der Waals surface area contributed by atoms with E-state index in [1.165, 1.54) is 18.4 Å². The lowest BCUT2D eigenvalue weighted by atomic mass is 9.93. The van der Waals surface area contributed by atoms with E-state index in [4.69, 9.17) is 0 Å². The van der Waals surface area contributed by atoms with Crippen molar-refractivity contribution in [3.8, 4) is 0 Å². The molecule has 1 aliphatic carbocycles. The SMILES string of the molecule is Cc1ccccc1C(=O)N1CCC(C(=O)N[C@H](c2ccccc2)C2CC2)CC1. The Balaban J connectivity index is 1.35. The molecule has 1 saturated heterocycles. The molecule has 1 atom stereocenters. The van der Waals surface area contributed by atoms with Gasteiger partial charge in [0, 0.05) is 24.6 Å². The minimum Gasteiger partial charge on any atom is -0.349 e. The Morgan fingerprint density at radius 2 is 1.57 bits per heavy atom. The third-order valence-corrected chi connectivity index (χ3v) is 6.08. The first-order valence-electron chi connectivity index (χ1n) is 10.3. The molecule has 4 heteroatoms. The van der Waals surface area contributed by atoms with Crippen LogP contribution >= 0.6 is 0 Å². The van der Waals surface area contributed by atoms with Crippen molar-refractivity contribution in [1.29, 1.82) is 0 Å². The van der Waals surface area contributed by atoms with E-state index in [9.17, 15) is 9.59 Å². The molecule has 146 valence electrons. The van der Waals surface area contributed by atoms with Crippen LogP contribution in [0.15, 0.2) is 54.6 Å². The fourth-order valence-corrected chi connectivity index (χ4v) is 4.16. The monoisotopic (exact) mass is 376 g/mol. The van der Waals surface area contributed by atoms with Crippen molar-refractivity contribution < 1.29 is 9.59 Å². The summed E-state index contributed by atoms with van der Waals surface area (Å²) in [5.41, 5.74) is 2.97. The lowest BCUT2D eigenvalue weighted by Gasteiger charge is -2.32. The molecule has 28 heavy (non-hydrogen) atoms. The maximum Gasteiger partial charge on any atom is 0.254 e. The summed E-state index contributed by atoms with van der Waals surface area (Å²) in [5.74, 6) is 0.779. The molecule has 2 aromatic carbocycles. The first-order chi connectivity index (χ1) is 13.6. The largest absolute Gasteiger partial charge is 0.349 e. The number of rotatable bonds is 5. The first kappa shape index (κ1) is 18.7. The summed E-state index contributed by atoms with van der Waals surface area (Å²) in [6, 6.07) is 18.1. The van der Waals surface area contributed by atoms with Crippen molar-refractivity contribution >= 4 is 11.8 Å². The van der Waals surface area contributed by atoms with Gasteiger partial charge in [-0.2, -0.15) is 0 Å². The molecule has 1 aliphatic heterocycles. The number of nitrogens with one attached hydrogen (secondary N) is 1. The van der Waals surface area contributed by atoms with Gasteiger partial charge in [-0.3, -0.25) is 9.59 Å². The molecular weight excluding hydrogens is 348 g/mol. The zero-order valence-electron chi connectivity index (χ0n) is 16.4. The standard InChI is InChI=1S/C24H28N2O2/c1-17-7-5-6-10-21(17)24(28)26-15-13-20(14-16-26)23(27)25-22(19-11-12-19)18-8-3-2-4-9-18/h2-10,19-20,22H,11-16H2,1H3,(H,25,27)/t22-/m1/s1. The Hall–Kier alpha value is -2.62. The van der Waals surface area contributed by atoms with Crippen LogP contribution in [-0.4, -0.2) is 29.8 Å². The molecule has 1 heterocycles. The zero-order valence-corrected chi connectivity index (χ0v) is 16.4. The first-order valence-corrected chi connectivity index (χ1v) is 10.3. The van der Waals surface area contributed by atoms with Gasteiger partial charge in [0.25, 0.3) is 5.91 Å². The second-order valence-corrected chi connectivity index (χ2v) is 8.12. The molecule has 0 spiro atoms. The van der Waals surface area contributed by atoms with Crippen LogP contribution in [0.3, 0.4) is 0 Å². The number of piperidine rings is 1. The fraction of sp³-hybridized carbons (Fsp3) is 0.417. The fourth-order valence-electron chi connectivity index (χ4n) is 4.16. The van der Waals surface area contributed by atoms with Crippen molar-refractivity contribution in [2.45, 2.75) is 38.6 Å². The number of carbonyl (C=O) groups is 2. The van der Waals surface area contributed by atoms with Crippen LogP contribution in [0, 0.1) is 18.8 Å². The molecule has 1 saturated carbocycles. The molecule has 0 unspecified atom stereocenters. The number of nitrogens with zero attached hydrogens (tertiary/aromatic N) is 1. The topological polar surface area (TPSA) is 49.4 Å². The van der Waals surface area contributed by atoms with E-state index in [-0.39, 0.29) is 23.8 Å². The predicted molar refractivity (Wildman–Crippen MR) is 110 cm³/mol. The number of carbonyl (C=O) groups excluding carboxylic acids is 2. The van der Waals surface area contributed by atoms with E-state index in [1.54, 1.807) is 0 Å². The Morgan fingerprint density at radius 1 is 0.929 bits per heavy atom. The summed E-state index contributed by atoms with van der Waals surface area (Å²) < 4.78 is 0. The number of benzene rings is 2. The highest BCUT2D eigenvalue weighted by atomic mass is 16.2. The van der Waals surface area contributed by atoms with Crippen molar-refractivity contribution in [2.75, 3.05) is 13.1 Å². The molecule has 0 bridgehead atoms. The third kappa shape index (κ3) is 4.11. The Morgan fingerprint density at radius 3 is 2.21 bits per heavy atom. The summed E-state index contributed by atoms with van der Waals surface area (Å²) in [5, 5.41) is 3.31. The highest BCUT2D eigenvalue weighted by Crippen LogP contribution is 2.41. The van der Waals surface area contributed by atoms with Crippen LogP contribution in [0.25, 0.3) is 0 Å². The lowest BCUT2D eigenvalue weighted by molar-refractivity contribution is -0.127. The number of likely N-dealkylation sites (tertiary alicyclic amines) is 1. The maximum atomic E-state index is 12.9. The van der Waals surface area contributed by atoms with E-state index in [1.807, 2.05) is 54.3 Å². The number of hydrogen-bond donors (Lipinski definition) is 1. The van der Waals surface area contributed by atoms with E-state index in [0.717, 1.165) is 24.0 Å². The van der Waals surface area contributed by atoms with Crippen molar-refractivity contribution in [2.24, 2.45) is 11.8 Å². The molecular formula is C24H28N2O2. The Labute approximate surface area is 166 Å². The maximum absolute atomic E-state index is 12.9.